The molecular weight excluding hydrogens is 200 g/mol. The number of rotatable bonds is 2. The van der Waals surface area contributed by atoms with Gasteiger partial charge >= 0.3 is 6.01 Å². The Morgan fingerprint density at radius 2 is 2.12 bits per heavy atom. The Morgan fingerprint density at radius 3 is 2.75 bits per heavy atom. The molecule has 0 spiro atoms. The third kappa shape index (κ3) is 2.40. The van der Waals surface area contributed by atoms with Crippen molar-refractivity contribution in [2.75, 3.05) is 7.11 Å². The van der Waals surface area contributed by atoms with Gasteiger partial charge in [-0.2, -0.15) is 4.98 Å². The van der Waals surface area contributed by atoms with Crippen LogP contribution in [-0.2, 0) is 0 Å². The van der Waals surface area contributed by atoms with Crippen molar-refractivity contribution in [3.63, 3.8) is 0 Å². The predicted molar refractivity (Wildman–Crippen MR) is 63.6 cm³/mol. The van der Waals surface area contributed by atoms with Crippen molar-refractivity contribution in [2.45, 2.75) is 38.5 Å². The first-order valence-corrected chi connectivity index (χ1v) is 5.84. The SMILES string of the molecule is CC=C1CCC(c2ccnc(OC)n2)CC1. The van der Waals surface area contributed by atoms with Crippen LogP contribution in [0.15, 0.2) is 23.9 Å². The Kier molecular flexibility index (Phi) is 3.54. The lowest BCUT2D eigenvalue weighted by molar-refractivity contribution is 0.374. The number of ether oxygens (including phenoxy) is 1. The molecule has 0 saturated heterocycles. The zero-order chi connectivity index (χ0) is 11.4. The van der Waals surface area contributed by atoms with Gasteiger partial charge < -0.3 is 4.74 Å². The van der Waals surface area contributed by atoms with Gasteiger partial charge in [0.1, 0.15) is 0 Å². The van der Waals surface area contributed by atoms with Gasteiger partial charge in [0.05, 0.1) is 12.8 Å². The first kappa shape index (κ1) is 11.1. The monoisotopic (exact) mass is 218 g/mol. The number of allylic oxidation sites excluding steroid dienone is 2. The fourth-order valence-corrected chi connectivity index (χ4v) is 2.25. The molecule has 0 amide bonds. The van der Waals surface area contributed by atoms with Gasteiger partial charge in [-0.25, -0.2) is 4.98 Å². The van der Waals surface area contributed by atoms with Crippen LogP contribution in [0.4, 0.5) is 0 Å². The minimum atomic E-state index is 0.481. The molecule has 3 heteroatoms. The largest absolute Gasteiger partial charge is 0.467 e. The van der Waals surface area contributed by atoms with Crippen molar-refractivity contribution in [3.05, 3.63) is 29.6 Å². The summed E-state index contributed by atoms with van der Waals surface area (Å²) in [5.74, 6) is 0.570. The van der Waals surface area contributed by atoms with Gasteiger partial charge in [0.2, 0.25) is 0 Å². The van der Waals surface area contributed by atoms with Crippen LogP contribution < -0.4 is 4.74 Å². The van der Waals surface area contributed by atoms with Crippen LogP contribution in [-0.4, -0.2) is 17.1 Å². The quantitative estimate of drug-likeness (QED) is 0.715. The Hall–Kier alpha value is -1.38. The molecule has 0 atom stereocenters. The summed E-state index contributed by atoms with van der Waals surface area (Å²) in [6.07, 6.45) is 8.82. The molecule has 0 aromatic carbocycles. The number of nitrogens with zero attached hydrogens (tertiary/aromatic N) is 2. The van der Waals surface area contributed by atoms with E-state index in [4.69, 9.17) is 4.74 Å². The average molecular weight is 218 g/mol. The highest BCUT2D eigenvalue weighted by Gasteiger charge is 2.19. The zero-order valence-corrected chi connectivity index (χ0v) is 9.94. The fourth-order valence-electron chi connectivity index (χ4n) is 2.25. The molecule has 0 N–H and O–H groups in total. The van der Waals surface area contributed by atoms with Gasteiger partial charge in [0.25, 0.3) is 0 Å². The molecule has 1 fully saturated rings. The van der Waals surface area contributed by atoms with Crippen LogP contribution in [0.1, 0.15) is 44.2 Å². The summed E-state index contributed by atoms with van der Waals surface area (Å²) < 4.78 is 5.05. The topological polar surface area (TPSA) is 35.0 Å². The summed E-state index contributed by atoms with van der Waals surface area (Å²) in [6.45, 7) is 2.13. The Morgan fingerprint density at radius 1 is 1.38 bits per heavy atom. The van der Waals surface area contributed by atoms with Crippen molar-refractivity contribution in [2.24, 2.45) is 0 Å². The van der Waals surface area contributed by atoms with E-state index in [1.54, 1.807) is 18.9 Å². The van der Waals surface area contributed by atoms with Crippen LogP contribution >= 0.6 is 0 Å². The lowest BCUT2D eigenvalue weighted by Gasteiger charge is -2.23. The van der Waals surface area contributed by atoms with E-state index in [0.29, 0.717) is 11.9 Å². The summed E-state index contributed by atoms with van der Waals surface area (Å²) in [5, 5.41) is 0. The Bertz CT molecular complexity index is 377. The molecule has 0 aliphatic heterocycles. The summed E-state index contributed by atoms with van der Waals surface area (Å²) in [7, 11) is 1.61. The Balaban J connectivity index is 2.07. The molecule has 2 rings (SSSR count). The molecule has 3 nitrogen and oxygen atoms in total. The van der Waals surface area contributed by atoms with Gasteiger partial charge in [-0.3, -0.25) is 0 Å². The second kappa shape index (κ2) is 5.10. The van der Waals surface area contributed by atoms with E-state index in [-0.39, 0.29) is 0 Å². The zero-order valence-electron chi connectivity index (χ0n) is 9.94. The van der Waals surface area contributed by atoms with Gasteiger partial charge in [-0.15, -0.1) is 0 Å². The molecule has 1 heterocycles. The van der Waals surface area contributed by atoms with Crippen LogP contribution in [0.3, 0.4) is 0 Å². The molecule has 0 unspecified atom stereocenters. The number of hydrogen-bond acceptors (Lipinski definition) is 3. The predicted octanol–water partition coefficient (Wildman–Crippen LogP) is 3.09. The minimum Gasteiger partial charge on any atom is -0.467 e. The molecule has 86 valence electrons. The van der Waals surface area contributed by atoms with Crippen molar-refractivity contribution < 1.29 is 4.74 Å². The summed E-state index contributed by atoms with van der Waals surface area (Å²) in [4.78, 5) is 8.45. The van der Waals surface area contributed by atoms with E-state index in [2.05, 4.69) is 23.0 Å². The smallest absolute Gasteiger partial charge is 0.316 e. The standard InChI is InChI=1S/C13H18N2O/c1-3-10-4-6-11(7-5-10)12-8-9-14-13(15-12)16-2/h3,8-9,11H,4-7H2,1-2H3. The second-order valence-corrected chi connectivity index (χ2v) is 4.19. The van der Waals surface area contributed by atoms with Crippen LogP contribution in [0, 0.1) is 0 Å². The van der Waals surface area contributed by atoms with Crippen LogP contribution in [0.25, 0.3) is 0 Å². The highest BCUT2D eigenvalue weighted by atomic mass is 16.5. The van der Waals surface area contributed by atoms with E-state index < -0.39 is 0 Å². The molecule has 1 aromatic heterocycles. The van der Waals surface area contributed by atoms with E-state index in [1.807, 2.05) is 6.07 Å². The molecule has 0 radical (unpaired) electrons. The van der Waals surface area contributed by atoms with E-state index in [1.165, 1.54) is 25.7 Å². The molecular formula is C13H18N2O. The molecule has 1 aliphatic carbocycles. The third-order valence-electron chi connectivity index (χ3n) is 3.29. The van der Waals surface area contributed by atoms with Gasteiger partial charge in [-0.05, 0) is 38.7 Å². The maximum absolute atomic E-state index is 5.05. The van der Waals surface area contributed by atoms with E-state index in [0.717, 1.165) is 5.69 Å². The number of hydrogen-bond donors (Lipinski definition) is 0. The molecule has 1 aromatic rings. The molecule has 16 heavy (non-hydrogen) atoms. The van der Waals surface area contributed by atoms with Crippen LogP contribution in [0.5, 0.6) is 6.01 Å². The van der Waals surface area contributed by atoms with Crippen LogP contribution in [0.2, 0.25) is 0 Å². The molecule has 0 bridgehead atoms. The van der Waals surface area contributed by atoms with Crippen molar-refractivity contribution in [3.8, 4) is 6.01 Å². The summed E-state index contributed by atoms with van der Waals surface area (Å²) in [5.41, 5.74) is 2.71. The molecule has 1 aliphatic rings. The third-order valence-corrected chi connectivity index (χ3v) is 3.29. The minimum absolute atomic E-state index is 0.481. The second-order valence-electron chi connectivity index (χ2n) is 4.19. The maximum atomic E-state index is 5.05. The summed E-state index contributed by atoms with van der Waals surface area (Å²) >= 11 is 0. The van der Waals surface area contributed by atoms with Crippen molar-refractivity contribution >= 4 is 0 Å². The first-order chi connectivity index (χ1) is 7.83. The van der Waals surface area contributed by atoms with Crippen molar-refractivity contribution in [1.82, 2.24) is 9.97 Å². The Labute approximate surface area is 96.6 Å². The highest BCUT2D eigenvalue weighted by molar-refractivity contribution is 5.15. The number of aromatic nitrogens is 2. The van der Waals surface area contributed by atoms with E-state index in [9.17, 15) is 0 Å². The maximum Gasteiger partial charge on any atom is 0.316 e. The lowest BCUT2D eigenvalue weighted by Crippen LogP contribution is -2.09. The normalized spacial score (nSPS) is 20.6. The lowest BCUT2D eigenvalue weighted by atomic mass is 9.84. The van der Waals surface area contributed by atoms with Gasteiger partial charge in [0, 0.05) is 12.1 Å². The first-order valence-electron chi connectivity index (χ1n) is 5.84. The van der Waals surface area contributed by atoms with E-state index >= 15 is 0 Å². The summed E-state index contributed by atoms with van der Waals surface area (Å²) in [6, 6.07) is 2.49. The van der Waals surface area contributed by atoms with Gasteiger partial charge in [-0.1, -0.05) is 11.6 Å². The average Bonchev–Trinajstić information content (AvgIpc) is 2.39. The highest BCUT2D eigenvalue weighted by Crippen LogP contribution is 2.34. The fraction of sp³-hybridized carbons (Fsp3) is 0.538. The van der Waals surface area contributed by atoms with Crippen molar-refractivity contribution in [1.29, 1.82) is 0 Å². The molecule has 1 saturated carbocycles. The van der Waals surface area contributed by atoms with Gasteiger partial charge in [0.15, 0.2) is 0 Å². The number of methoxy groups -OCH3 is 1.